The highest BCUT2D eigenvalue weighted by Gasteiger charge is 2.24. The lowest BCUT2D eigenvalue weighted by Crippen LogP contribution is -2.49. The van der Waals surface area contributed by atoms with Crippen molar-refractivity contribution in [2.75, 3.05) is 43.9 Å². The summed E-state index contributed by atoms with van der Waals surface area (Å²) in [6.07, 6.45) is 1.96. The Morgan fingerprint density at radius 3 is 2.39 bits per heavy atom. The van der Waals surface area contributed by atoms with Crippen LogP contribution in [0.4, 0.5) is 5.69 Å². The molecule has 192 valence electrons. The molecule has 0 bridgehead atoms. The Kier molecular flexibility index (Phi) is 6.75. The highest BCUT2D eigenvalue weighted by Crippen LogP contribution is 2.33. The second kappa shape index (κ2) is 10.6. The number of rotatable bonds is 7. The number of hydrogen-bond donors (Lipinski definition) is 1. The molecule has 1 aliphatic heterocycles. The molecule has 8 nitrogen and oxygen atoms in total. The van der Waals surface area contributed by atoms with Crippen LogP contribution in [-0.2, 0) is 4.79 Å². The summed E-state index contributed by atoms with van der Waals surface area (Å²) in [5, 5.41) is 10.8. The Morgan fingerprint density at radius 2 is 1.63 bits per heavy atom. The maximum absolute atomic E-state index is 13.2. The number of carbonyl (C=O) groups excluding carboxylic acids is 1. The van der Waals surface area contributed by atoms with Gasteiger partial charge in [0.25, 0.3) is 0 Å². The number of ether oxygens (including phenoxy) is 1. The molecule has 0 radical (unpaired) electrons. The number of nitrogens with one attached hydrogen (secondary N) is 1. The number of hydrogen-bond acceptors (Lipinski definition) is 6. The third-order valence-corrected chi connectivity index (χ3v) is 7.79. The van der Waals surface area contributed by atoms with Gasteiger partial charge in [-0.1, -0.05) is 48.2 Å². The number of piperazine rings is 1. The standard InChI is InChI=1S/C29H28N6O2S/c1-37-23-13-11-22(12-14-23)35-28(25-19-30-26-10-6-5-9-24(25)26)31-32-29(35)38-20-27(36)34-17-15-33(16-18-34)21-7-3-2-4-8-21/h2-14,19,30H,15-18,20H2,1H3. The predicted octanol–water partition coefficient (Wildman–Crippen LogP) is 4.87. The molecule has 1 N–H and O–H groups in total. The average Bonchev–Trinajstić information content (AvgIpc) is 3.60. The van der Waals surface area contributed by atoms with Gasteiger partial charge >= 0.3 is 0 Å². The smallest absolute Gasteiger partial charge is 0.233 e. The van der Waals surface area contributed by atoms with Crippen molar-refractivity contribution in [3.63, 3.8) is 0 Å². The molecule has 1 aliphatic rings. The topological polar surface area (TPSA) is 79.3 Å². The minimum Gasteiger partial charge on any atom is -0.497 e. The number of H-pyrrole nitrogens is 1. The van der Waals surface area contributed by atoms with Gasteiger partial charge in [-0.3, -0.25) is 9.36 Å². The molecular weight excluding hydrogens is 496 g/mol. The van der Waals surface area contributed by atoms with Crippen LogP contribution in [0.25, 0.3) is 28.0 Å². The van der Waals surface area contributed by atoms with E-state index in [0.717, 1.165) is 46.8 Å². The molecular formula is C29H28N6O2S. The molecule has 0 spiro atoms. The van der Waals surface area contributed by atoms with Crippen molar-refractivity contribution < 1.29 is 9.53 Å². The molecule has 2 aromatic heterocycles. The van der Waals surface area contributed by atoms with Gasteiger partial charge in [0.15, 0.2) is 11.0 Å². The van der Waals surface area contributed by atoms with Gasteiger partial charge in [-0.2, -0.15) is 0 Å². The molecule has 0 atom stereocenters. The van der Waals surface area contributed by atoms with Gasteiger partial charge in [0.05, 0.1) is 12.9 Å². The van der Waals surface area contributed by atoms with Crippen LogP contribution in [0.1, 0.15) is 0 Å². The first kappa shape index (κ1) is 24.1. The summed E-state index contributed by atoms with van der Waals surface area (Å²) in [7, 11) is 1.65. The van der Waals surface area contributed by atoms with Gasteiger partial charge in [0, 0.05) is 60.2 Å². The van der Waals surface area contributed by atoms with E-state index in [1.165, 1.54) is 17.4 Å². The molecule has 1 saturated heterocycles. The fourth-order valence-corrected chi connectivity index (χ4v) is 5.68. The van der Waals surface area contributed by atoms with Crippen LogP contribution in [0.5, 0.6) is 5.75 Å². The monoisotopic (exact) mass is 524 g/mol. The number of carbonyl (C=O) groups is 1. The van der Waals surface area contributed by atoms with Crippen molar-refractivity contribution in [3.8, 4) is 22.8 Å². The summed E-state index contributed by atoms with van der Waals surface area (Å²) in [4.78, 5) is 20.8. The molecule has 5 aromatic rings. The quantitative estimate of drug-likeness (QED) is 0.306. The maximum atomic E-state index is 13.2. The van der Waals surface area contributed by atoms with Crippen molar-refractivity contribution in [2.45, 2.75) is 5.16 Å². The number of aromatic nitrogens is 4. The third-order valence-electron chi connectivity index (χ3n) is 6.87. The van der Waals surface area contributed by atoms with Crippen molar-refractivity contribution in [1.29, 1.82) is 0 Å². The Labute approximate surface area is 225 Å². The van der Waals surface area contributed by atoms with E-state index < -0.39 is 0 Å². The number of aromatic amines is 1. The van der Waals surface area contributed by atoms with E-state index in [-0.39, 0.29) is 5.91 Å². The number of nitrogens with zero attached hydrogens (tertiary/aromatic N) is 5. The minimum atomic E-state index is 0.112. The number of methoxy groups -OCH3 is 1. The molecule has 3 aromatic carbocycles. The largest absolute Gasteiger partial charge is 0.497 e. The van der Waals surface area contributed by atoms with Crippen molar-refractivity contribution in [3.05, 3.63) is 85.1 Å². The number of fused-ring (bicyclic) bond motifs is 1. The minimum absolute atomic E-state index is 0.112. The normalized spacial score (nSPS) is 13.7. The molecule has 0 unspecified atom stereocenters. The molecule has 3 heterocycles. The summed E-state index contributed by atoms with van der Waals surface area (Å²) in [6, 6.07) is 26.3. The van der Waals surface area contributed by atoms with Crippen molar-refractivity contribution in [1.82, 2.24) is 24.6 Å². The first-order valence-corrected chi connectivity index (χ1v) is 13.6. The molecule has 6 rings (SSSR count). The summed E-state index contributed by atoms with van der Waals surface area (Å²) >= 11 is 1.42. The molecule has 0 saturated carbocycles. The van der Waals surface area contributed by atoms with Crippen LogP contribution >= 0.6 is 11.8 Å². The zero-order valence-electron chi connectivity index (χ0n) is 21.1. The van der Waals surface area contributed by atoms with Gasteiger partial charge in [-0.25, -0.2) is 0 Å². The van der Waals surface area contributed by atoms with E-state index in [1.54, 1.807) is 7.11 Å². The van der Waals surface area contributed by atoms with E-state index in [4.69, 9.17) is 4.74 Å². The Hall–Kier alpha value is -4.24. The van der Waals surface area contributed by atoms with Crippen LogP contribution in [-0.4, -0.2) is 69.6 Å². The van der Waals surface area contributed by atoms with Crippen LogP contribution in [0.2, 0.25) is 0 Å². The average molecular weight is 525 g/mol. The lowest BCUT2D eigenvalue weighted by molar-refractivity contribution is -0.128. The number of amides is 1. The van der Waals surface area contributed by atoms with E-state index >= 15 is 0 Å². The predicted molar refractivity (Wildman–Crippen MR) is 151 cm³/mol. The zero-order valence-corrected chi connectivity index (χ0v) is 21.9. The highest BCUT2D eigenvalue weighted by atomic mass is 32.2. The third kappa shape index (κ3) is 4.72. The fourth-order valence-electron chi connectivity index (χ4n) is 4.83. The Balaban J connectivity index is 1.22. The summed E-state index contributed by atoms with van der Waals surface area (Å²) in [5.74, 6) is 1.90. The SMILES string of the molecule is COc1ccc(-n2c(SCC(=O)N3CCN(c4ccccc4)CC3)nnc2-c2c[nH]c3ccccc23)cc1. The summed E-state index contributed by atoms with van der Waals surface area (Å²) in [6.45, 7) is 3.07. The van der Waals surface area contributed by atoms with Gasteiger partial charge in [-0.05, 0) is 42.5 Å². The molecule has 9 heteroatoms. The molecule has 1 fully saturated rings. The fraction of sp³-hybridized carbons (Fsp3) is 0.207. The molecule has 38 heavy (non-hydrogen) atoms. The summed E-state index contributed by atoms with van der Waals surface area (Å²) < 4.78 is 7.37. The van der Waals surface area contributed by atoms with E-state index in [2.05, 4.69) is 38.3 Å². The van der Waals surface area contributed by atoms with Gasteiger partial charge in [-0.15, -0.1) is 10.2 Å². The zero-order chi connectivity index (χ0) is 25.9. The first-order chi connectivity index (χ1) is 18.7. The lowest BCUT2D eigenvalue weighted by Gasteiger charge is -2.36. The maximum Gasteiger partial charge on any atom is 0.233 e. The molecule has 0 aliphatic carbocycles. The van der Waals surface area contributed by atoms with Crippen molar-refractivity contribution in [2.24, 2.45) is 0 Å². The number of thioether (sulfide) groups is 1. The lowest BCUT2D eigenvalue weighted by atomic mass is 10.1. The van der Waals surface area contributed by atoms with Gasteiger partial charge < -0.3 is 19.5 Å². The number of benzene rings is 3. The van der Waals surface area contributed by atoms with E-state index in [0.29, 0.717) is 24.0 Å². The van der Waals surface area contributed by atoms with Crippen LogP contribution < -0.4 is 9.64 Å². The number of para-hydroxylation sites is 2. The van der Waals surface area contributed by atoms with Gasteiger partial charge in [0.2, 0.25) is 5.91 Å². The first-order valence-electron chi connectivity index (χ1n) is 12.6. The summed E-state index contributed by atoms with van der Waals surface area (Å²) in [5.41, 5.74) is 4.10. The van der Waals surface area contributed by atoms with Gasteiger partial charge in [0.1, 0.15) is 5.75 Å². The Morgan fingerprint density at radius 1 is 0.895 bits per heavy atom. The number of anilines is 1. The Bertz CT molecular complexity index is 1540. The van der Waals surface area contributed by atoms with Crippen LogP contribution in [0, 0.1) is 0 Å². The van der Waals surface area contributed by atoms with E-state index in [1.807, 2.05) is 76.3 Å². The second-order valence-electron chi connectivity index (χ2n) is 9.08. The second-order valence-corrected chi connectivity index (χ2v) is 10.0. The van der Waals surface area contributed by atoms with Crippen molar-refractivity contribution >= 4 is 34.3 Å². The van der Waals surface area contributed by atoms with Crippen LogP contribution in [0.3, 0.4) is 0 Å². The molecule has 1 amide bonds. The van der Waals surface area contributed by atoms with E-state index in [9.17, 15) is 4.79 Å². The van der Waals surface area contributed by atoms with Crippen LogP contribution in [0.15, 0.2) is 90.2 Å². The highest BCUT2D eigenvalue weighted by molar-refractivity contribution is 7.99.